The third-order valence-corrected chi connectivity index (χ3v) is 3.17. The topological polar surface area (TPSA) is 116 Å². The smallest absolute Gasteiger partial charge is 0.329 e. The second kappa shape index (κ2) is 8.57. The molecule has 25 heavy (non-hydrogen) atoms. The predicted molar refractivity (Wildman–Crippen MR) is 83.8 cm³/mol. The Hall–Kier alpha value is -4.02. The molecule has 0 aromatic heterocycles. The molecule has 0 saturated heterocycles. The van der Waals surface area contributed by atoms with E-state index in [1.165, 1.54) is 30.5 Å². The molecule has 7 heteroatoms. The van der Waals surface area contributed by atoms with Gasteiger partial charge >= 0.3 is 5.97 Å². The average Bonchev–Trinajstić information content (AvgIpc) is 2.63. The van der Waals surface area contributed by atoms with Crippen molar-refractivity contribution in [2.45, 2.75) is 6.42 Å². The Labute approximate surface area is 143 Å². The number of nitrogens with zero attached hydrogens (tertiary/aromatic N) is 3. The van der Waals surface area contributed by atoms with E-state index >= 15 is 0 Å². The van der Waals surface area contributed by atoms with Gasteiger partial charge in [-0.1, -0.05) is 12.1 Å². The molecule has 7 nitrogen and oxygen atoms in total. The number of carbonyl (C=O) groups excluding carboxylic acids is 1. The minimum atomic E-state index is -0.988. The van der Waals surface area contributed by atoms with Gasteiger partial charge in [0.15, 0.2) is 0 Å². The van der Waals surface area contributed by atoms with E-state index in [0.717, 1.165) is 5.56 Å². The predicted octanol–water partition coefficient (Wildman–Crippen LogP) is 2.69. The largest absolute Gasteiger partial charge is 0.426 e. The molecular weight excluding hydrogens is 322 g/mol. The van der Waals surface area contributed by atoms with Crippen LogP contribution in [0.5, 0.6) is 17.2 Å². The Bertz CT molecular complexity index is 856. The molecule has 0 bridgehead atoms. The number of hydrogen-bond acceptors (Lipinski definition) is 7. The number of esters is 1. The lowest BCUT2D eigenvalue weighted by atomic mass is 10.0. The first-order valence-electron chi connectivity index (χ1n) is 7.08. The van der Waals surface area contributed by atoms with Crippen molar-refractivity contribution in [3.63, 3.8) is 0 Å². The van der Waals surface area contributed by atoms with Crippen LogP contribution in [0.2, 0.25) is 0 Å². The van der Waals surface area contributed by atoms with Crippen molar-refractivity contribution >= 4 is 5.97 Å². The first-order chi connectivity index (χ1) is 12.2. The van der Waals surface area contributed by atoms with Gasteiger partial charge in [-0.3, -0.25) is 4.79 Å². The molecule has 0 fully saturated rings. The van der Waals surface area contributed by atoms with Gasteiger partial charge in [-0.2, -0.15) is 5.26 Å². The van der Waals surface area contributed by atoms with Gasteiger partial charge in [0.2, 0.25) is 0 Å². The summed E-state index contributed by atoms with van der Waals surface area (Å²) in [6.45, 7) is 0. The van der Waals surface area contributed by atoms with Gasteiger partial charge in [-0.25, -0.2) is 0 Å². The summed E-state index contributed by atoms with van der Waals surface area (Å²) in [6.07, 6.45) is 3.26. The van der Waals surface area contributed by atoms with Crippen LogP contribution >= 0.6 is 0 Å². The fourth-order valence-electron chi connectivity index (χ4n) is 1.98. The summed E-state index contributed by atoms with van der Waals surface area (Å²) in [6, 6.07) is 14.3. The summed E-state index contributed by atoms with van der Waals surface area (Å²) in [5, 5.41) is 26.1. The van der Waals surface area contributed by atoms with Gasteiger partial charge in [-0.05, 0) is 48.4 Å². The summed E-state index contributed by atoms with van der Waals surface area (Å²) in [7, 11) is 0. The highest BCUT2D eigenvalue weighted by atomic mass is 16.5. The van der Waals surface area contributed by atoms with E-state index in [4.69, 9.17) is 15.3 Å². The van der Waals surface area contributed by atoms with Crippen molar-refractivity contribution in [2.75, 3.05) is 0 Å². The molecule has 0 saturated carbocycles. The number of nitriles is 3. The third kappa shape index (κ3) is 4.99. The maximum atomic E-state index is 12.1. The molecule has 1 atom stereocenters. The molecule has 0 N–H and O–H groups in total. The minimum Gasteiger partial charge on any atom is -0.426 e. The molecule has 0 radical (unpaired) electrons. The first kappa shape index (κ1) is 17.3. The Balaban J connectivity index is 1.99. The van der Waals surface area contributed by atoms with Crippen molar-refractivity contribution in [1.82, 2.24) is 0 Å². The summed E-state index contributed by atoms with van der Waals surface area (Å²) in [4.78, 5) is 12.1. The van der Waals surface area contributed by atoms with Gasteiger partial charge in [0.25, 0.3) is 12.5 Å². The zero-order valence-corrected chi connectivity index (χ0v) is 12.9. The lowest BCUT2D eigenvalue weighted by Crippen LogP contribution is -2.21. The molecule has 2 aromatic carbocycles. The van der Waals surface area contributed by atoms with Gasteiger partial charge in [0.05, 0.1) is 6.07 Å². The van der Waals surface area contributed by atoms with E-state index < -0.39 is 11.9 Å². The Morgan fingerprint density at radius 2 is 1.32 bits per heavy atom. The number of ether oxygens (including phenoxy) is 3. The van der Waals surface area contributed by atoms with Crippen LogP contribution in [0, 0.1) is 40.3 Å². The molecule has 2 rings (SSSR count). The number of rotatable bonds is 6. The van der Waals surface area contributed by atoms with E-state index in [9.17, 15) is 10.1 Å². The van der Waals surface area contributed by atoms with Crippen molar-refractivity contribution in [2.24, 2.45) is 5.92 Å². The van der Waals surface area contributed by atoms with E-state index in [0.29, 0.717) is 11.5 Å². The number of hydrogen-bond donors (Lipinski definition) is 0. The Kier molecular flexibility index (Phi) is 5.94. The SMILES string of the molecule is N#COc1ccc(CC(C#N)C(=O)Oc2ccc(OC#N)cc2)cc1. The van der Waals surface area contributed by atoms with Gasteiger partial charge < -0.3 is 14.2 Å². The second-order valence-corrected chi connectivity index (χ2v) is 4.81. The van der Waals surface area contributed by atoms with Crippen LogP contribution in [0.15, 0.2) is 48.5 Å². The lowest BCUT2D eigenvalue weighted by molar-refractivity contribution is -0.137. The van der Waals surface area contributed by atoms with E-state index in [-0.39, 0.29) is 12.2 Å². The zero-order chi connectivity index (χ0) is 18.1. The van der Waals surface area contributed by atoms with Crippen LogP contribution in [0.1, 0.15) is 5.56 Å². The van der Waals surface area contributed by atoms with Gasteiger partial charge in [0, 0.05) is 0 Å². The molecule has 0 aliphatic heterocycles. The van der Waals surface area contributed by atoms with Gasteiger partial charge in [0.1, 0.15) is 23.2 Å². The van der Waals surface area contributed by atoms with Crippen LogP contribution < -0.4 is 14.2 Å². The van der Waals surface area contributed by atoms with Crippen molar-refractivity contribution in [3.8, 4) is 35.8 Å². The highest BCUT2D eigenvalue weighted by molar-refractivity contribution is 5.78. The lowest BCUT2D eigenvalue weighted by Gasteiger charge is -2.10. The number of carbonyl (C=O) groups is 1. The van der Waals surface area contributed by atoms with Crippen LogP contribution in [0.3, 0.4) is 0 Å². The van der Waals surface area contributed by atoms with Crippen molar-refractivity contribution < 1.29 is 19.0 Å². The summed E-state index contributed by atoms with van der Waals surface area (Å²) in [5.41, 5.74) is 0.728. The van der Waals surface area contributed by atoms with Crippen LogP contribution in [-0.2, 0) is 11.2 Å². The second-order valence-electron chi connectivity index (χ2n) is 4.81. The molecule has 0 spiro atoms. The van der Waals surface area contributed by atoms with Crippen LogP contribution in [0.4, 0.5) is 0 Å². The van der Waals surface area contributed by atoms with Crippen LogP contribution in [-0.4, -0.2) is 5.97 Å². The standard InChI is InChI=1S/C18H11N3O4/c19-10-14(9-13-1-3-15(4-2-13)23-11-20)18(22)25-17-7-5-16(6-8-17)24-12-21/h1-8,14H,9H2. The van der Waals surface area contributed by atoms with Crippen molar-refractivity contribution in [3.05, 3.63) is 54.1 Å². The monoisotopic (exact) mass is 333 g/mol. The molecule has 1 unspecified atom stereocenters. The highest BCUT2D eigenvalue weighted by Crippen LogP contribution is 2.20. The fraction of sp³-hybridized carbons (Fsp3) is 0.111. The maximum absolute atomic E-state index is 12.1. The average molecular weight is 333 g/mol. The zero-order valence-electron chi connectivity index (χ0n) is 12.9. The normalized spacial score (nSPS) is 10.4. The summed E-state index contributed by atoms with van der Waals surface area (Å²) in [5.74, 6) is -0.735. The Morgan fingerprint density at radius 3 is 1.80 bits per heavy atom. The highest BCUT2D eigenvalue weighted by Gasteiger charge is 2.21. The van der Waals surface area contributed by atoms with Crippen molar-refractivity contribution in [1.29, 1.82) is 15.8 Å². The quantitative estimate of drug-likeness (QED) is 0.453. The van der Waals surface area contributed by atoms with E-state index in [1.54, 1.807) is 30.5 Å². The fourth-order valence-corrected chi connectivity index (χ4v) is 1.98. The molecule has 0 aliphatic carbocycles. The minimum absolute atomic E-state index is 0.164. The summed E-state index contributed by atoms with van der Waals surface area (Å²) < 4.78 is 14.5. The first-order valence-corrected chi connectivity index (χ1v) is 7.08. The Morgan fingerprint density at radius 1 is 0.840 bits per heavy atom. The third-order valence-electron chi connectivity index (χ3n) is 3.17. The van der Waals surface area contributed by atoms with E-state index in [1.807, 2.05) is 6.07 Å². The molecule has 0 aliphatic rings. The van der Waals surface area contributed by atoms with Crippen LogP contribution in [0.25, 0.3) is 0 Å². The molecular formula is C18H11N3O4. The summed E-state index contributed by atoms with van der Waals surface area (Å²) >= 11 is 0. The van der Waals surface area contributed by atoms with Gasteiger partial charge in [-0.15, -0.1) is 10.5 Å². The number of benzene rings is 2. The maximum Gasteiger partial charge on any atom is 0.329 e. The molecule has 122 valence electrons. The molecule has 2 aromatic rings. The molecule has 0 heterocycles. The molecule has 0 amide bonds. The van der Waals surface area contributed by atoms with E-state index in [2.05, 4.69) is 9.47 Å².